The highest BCUT2D eigenvalue weighted by Gasteiger charge is 2.30. The first-order chi connectivity index (χ1) is 18.8. The summed E-state index contributed by atoms with van der Waals surface area (Å²) >= 11 is 0. The fraction of sp³-hybridized carbons (Fsp3) is 0.394. The summed E-state index contributed by atoms with van der Waals surface area (Å²) in [5, 5.41) is 5.95. The molecule has 3 aromatic carbocycles. The lowest BCUT2D eigenvalue weighted by Crippen LogP contribution is -2.55. The fourth-order valence-corrected chi connectivity index (χ4v) is 5.46. The molecular formula is C33H42N4O2. The predicted octanol–water partition coefficient (Wildman–Crippen LogP) is 6.38. The zero-order chi connectivity index (χ0) is 27.9. The van der Waals surface area contributed by atoms with Gasteiger partial charge in [0.2, 0.25) is 5.91 Å². The third kappa shape index (κ3) is 6.87. The van der Waals surface area contributed by atoms with Crippen molar-refractivity contribution in [3.05, 3.63) is 101 Å². The molecule has 0 saturated carbocycles. The second-order valence-corrected chi connectivity index (χ2v) is 11.0. The van der Waals surface area contributed by atoms with Gasteiger partial charge in [-0.2, -0.15) is 0 Å². The van der Waals surface area contributed by atoms with E-state index in [1.54, 1.807) is 6.92 Å². The number of hydrogen-bond donors (Lipinski definition) is 2. The van der Waals surface area contributed by atoms with Crippen LogP contribution in [0.3, 0.4) is 0 Å². The maximum atomic E-state index is 13.3. The highest BCUT2D eigenvalue weighted by Crippen LogP contribution is 2.32. The first kappa shape index (κ1) is 28.4. The van der Waals surface area contributed by atoms with Gasteiger partial charge in [0.15, 0.2) is 0 Å². The van der Waals surface area contributed by atoms with Crippen LogP contribution in [-0.2, 0) is 4.79 Å². The van der Waals surface area contributed by atoms with Crippen LogP contribution in [0.25, 0.3) is 0 Å². The van der Waals surface area contributed by atoms with E-state index in [1.807, 2.05) is 23.1 Å². The topological polar surface area (TPSA) is 64.7 Å². The van der Waals surface area contributed by atoms with Crippen molar-refractivity contribution in [3.8, 4) is 0 Å². The van der Waals surface area contributed by atoms with Crippen LogP contribution in [0.2, 0.25) is 0 Å². The van der Waals surface area contributed by atoms with Crippen LogP contribution in [0, 0.1) is 0 Å². The summed E-state index contributed by atoms with van der Waals surface area (Å²) in [4.78, 5) is 30.6. The van der Waals surface area contributed by atoms with E-state index in [2.05, 4.69) is 104 Å². The standard InChI is InChI=1S/C33H42N4O2/c1-23(2)28-17-12-18-29(24(3)4)30(28)35-33(39)34-25(5)32(38)37-21-19-36(20-22-37)31(26-13-8-6-9-14-26)27-15-10-7-11-16-27/h6-18,23-25,31H,19-22H2,1-5H3,(H2,34,35,39). The number of amides is 3. The number of carbonyl (C=O) groups is 2. The van der Waals surface area contributed by atoms with E-state index in [-0.39, 0.29) is 29.8 Å². The van der Waals surface area contributed by atoms with Crippen molar-refractivity contribution < 1.29 is 9.59 Å². The van der Waals surface area contributed by atoms with Gasteiger partial charge < -0.3 is 15.5 Å². The summed E-state index contributed by atoms with van der Waals surface area (Å²) < 4.78 is 0. The molecule has 1 aliphatic heterocycles. The van der Waals surface area contributed by atoms with E-state index >= 15 is 0 Å². The van der Waals surface area contributed by atoms with Crippen LogP contribution in [0.15, 0.2) is 78.9 Å². The molecular weight excluding hydrogens is 484 g/mol. The quantitative estimate of drug-likeness (QED) is 0.358. The zero-order valence-electron chi connectivity index (χ0n) is 23.9. The van der Waals surface area contributed by atoms with Gasteiger partial charge >= 0.3 is 6.03 Å². The lowest BCUT2D eigenvalue weighted by atomic mass is 9.93. The SMILES string of the molecule is CC(NC(=O)Nc1c(C(C)C)cccc1C(C)C)C(=O)N1CCN(C(c2ccccc2)c2ccccc2)CC1. The molecule has 1 unspecified atom stereocenters. The van der Waals surface area contributed by atoms with Crippen LogP contribution in [0.1, 0.15) is 74.8 Å². The Bertz CT molecular complexity index is 1170. The Morgan fingerprint density at radius 3 is 1.62 bits per heavy atom. The van der Waals surface area contributed by atoms with Gasteiger partial charge in [-0.3, -0.25) is 9.69 Å². The fourth-order valence-electron chi connectivity index (χ4n) is 5.46. The Kier molecular flexibility index (Phi) is 9.41. The molecule has 2 N–H and O–H groups in total. The highest BCUT2D eigenvalue weighted by atomic mass is 16.2. The molecule has 6 heteroatoms. The second-order valence-electron chi connectivity index (χ2n) is 11.0. The minimum absolute atomic E-state index is 0.0537. The van der Waals surface area contributed by atoms with E-state index < -0.39 is 6.04 Å². The third-order valence-electron chi connectivity index (χ3n) is 7.55. The number of hydrogen-bond acceptors (Lipinski definition) is 3. The molecule has 0 aliphatic carbocycles. The average Bonchev–Trinajstić information content (AvgIpc) is 2.94. The number of rotatable bonds is 8. The number of piperazine rings is 1. The molecule has 6 nitrogen and oxygen atoms in total. The van der Waals surface area contributed by atoms with Crippen LogP contribution in [-0.4, -0.2) is 54.0 Å². The van der Waals surface area contributed by atoms with E-state index in [0.717, 1.165) is 29.9 Å². The first-order valence-electron chi connectivity index (χ1n) is 14.1. The Balaban J connectivity index is 1.39. The van der Waals surface area contributed by atoms with Gasteiger partial charge in [-0.05, 0) is 41.0 Å². The van der Waals surface area contributed by atoms with Gasteiger partial charge in [0, 0.05) is 31.9 Å². The third-order valence-corrected chi connectivity index (χ3v) is 7.55. The summed E-state index contributed by atoms with van der Waals surface area (Å²) in [6.45, 7) is 13.0. The number of nitrogens with zero attached hydrogens (tertiary/aromatic N) is 2. The number of benzene rings is 3. The monoisotopic (exact) mass is 526 g/mol. The zero-order valence-corrected chi connectivity index (χ0v) is 23.9. The van der Waals surface area contributed by atoms with Crippen molar-refractivity contribution in [3.63, 3.8) is 0 Å². The Labute approximate surface area is 233 Å². The maximum Gasteiger partial charge on any atom is 0.319 e. The highest BCUT2D eigenvalue weighted by molar-refractivity contribution is 5.95. The molecule has 1 saturated heterocycles. The number of nitrogens with one attached hydrogen (secondary N) is 2. The molecule has 3 aromatic rings. The van der Waals surface area contributed by atoms with Gasteiger partial charge in [-0.25, -0.2) is 4.79 Å². The number of para-hydroxylation sites is 1. The minimum atomic E-state index is -0.621. The summed E-state index contributed by atoms with van der Waals surface area (Å²) in [6, 6.07) is 26.4. The molecule has 4 rings (SSSR count). The van der Waals surface area contributed by atoms with Crippen molar-refractivity contribution in [1.29, 1.82) is 0 Å². The van der Waals surface area contributed by atoms with Crippen LogP contribution in [0.5, 0.6) is 0 Å². The Morgan fingerprint density at radius 1 is 0.667 bits per heavy atom. The smallest absolute Gasteiger partial charge is 0.319 e. The summed E-state index contributed by atoms with van der Waals surface area (Å²) in [6.07, 6.45) is 0. The van der Waals surface area contributed by atoms with Crippen molar-refractivity contribution >= 4 is 17.6 Å². The van der Waals surface area contributed by atoms with Gasteiger partial charge in [-0.1, -0.05) is 107 Å². The minimum Gasteiger partial charge on any atom is -0.338 e. The number of anilines is 1. The summed E-state index contributed by atoms with van der Waals surface area (Å²) in [5.41, 5.74) is 5.53. The number of urea groups is 1. The molecule has 0 spiro atoms. The molecule has 1 fully saturated rings. The van der Waals surface area contributed by atoms with Crippen LogP contribution < -0.4 is 10.6 Å². The Morgan fingerprint density at radius 2 is 1.15 bits per heavy atom. The van der Waals surface area contributed by atoms with Crippen molar-refractivity contribution in [2.45, 2.75) is 58.5 Å². The summed E-state index contributed by atoms with van der Waals surface area (Å²) in [7, 11) is 0. The molecule has 0 bridgehead atoms. The first-order valence-corrected chi connectivity index (χ1v) is 14.1. The largest absolute Gasteiger partial charge is 0.338 e. The van der Waals surface area contributed by atoms with Gasteiger partial charge in [0.1, 0.15) is 6.04 Å². The maximum absolute atomic E-state index is 13.3. The van der Waals surface area contributed by atoms with Crippen molar-refractivity contribution in [2.75, 3.05) is 31.5 Å². The lowest BCUT2D eigenvalue weighted by Gasteiger charge is -2.40. The van der Waals surface area contributed by atoms with E-state index in [1.165, 1.54) is 11.1 Å². The molecule has 0 aromatic heterocycles. The van der Waals surface area contributed by atoms with Crippen LogP contribution in [0.4, 0.5) is 10.5 Å². The van der Waals surface area contributed by atoms with E-state index in [4.69, 9.17) is 0 Å². The van der Waals surface area contributed by atoms with Gasteiger partial charge in [-0.15, -0.1) is 0 Å². The molecule has 1 atom stereocenters. The molecule has 0 radical (unpaired) electrons. The average molecular weight is 527 g/mol. The second kappa shape index (κ2) is 12.9. The van der Waals surface area contributed by atoms with Crippen LogP contribution >= 0.6 is 0 Å². The Hall–Kier alpha value is -3.64. The van der Waals surface area contributed by atoms with E-state index in [9.17, 15) is 9.59 Å². The predicted molar refractivity (Wildman–Crippen MR) is 159 cm³/mol. The summed E-state index contributed by atoms with van der Waals surface area (Å²) in [5.74, 6) is 0.483. The molecule has 39 heavy (non-hydrogen) atoms. The lowest BCUT2D eigenvalue weighted by molar-refractivity contribution is -0.134. The van der Waals surface area contributed by atoms with Gasteiger partial charge in [0.05, 0.1) is 6.04 Å². The molecule has 1 heterocycles. The van der Waals surface area contributed by atoms with Crippen molar-refractivity contribution in [1.82, 2.24) is 15.1 Å². The van der Waals surface area contributed by atoms with Crippen molar-refractivity contribution in [2.24, 2.45) is 0 Å². The molecule has 1 aliphatic rings. The van der Waals surface area contributed by atoms with Gasteiger partial charge in [0.25, 0.3) is 0 Å². The molecule has 206 valence electrons. The normalized spacial score (nSPS) is 15.0. The van der Waals surface area contributed by atoms with E-state index in [0.29, 0.717) is 13.1 Å². The molecule has 3 amide bonds. The number of carbonyl (C=O) groups excluding carboxylic acids is 2.